The number of hydrogen-bond acceptors (Lipinski definition) is 5. The van der Waals surface area contributed by atoms with Crippen molar-refractivity contribution >= 4 is 23.1 Å². The number of esters is 1. The van der Waals surface area contributed by atoms with Crippen LogP contribution in [-0.4, -0.2) is 18.9 Å². The van der Waals surface area contributed by atoms with Gasteiger partial charge in [0.05, 0.1) is 17.6 Å². The Hall–Kier alpha value is -2.14. The molecule has 0 unspecified atom stereocenters. The fourth-order valence-corrected chi connectivity index (χ4v) is 3.11. The van der Waals surface area contributed by atoms with E-state index in [0.29, 0.717) is 36.3 Å². The molecule has 1 aliphatic rings. The van der Waals surface area contributed by atoms with Gasteiger partial charge in [-0.15, -0.1) is 11.3 Å². The zero-order valence-electron chi connectivity index (χ0n) is 11.5. The molecule has 1 aromatic carbocycles. The molecule has 0 radical (unpaired) electrons. The Labute approximate surface area is 126 Å². The highest BCUT2D eigenvalue weighted by Crippen LogP contribution is 2.31. The van der Waals surface area contributed by atoms with Crippen LogP contribution in [0.1, 0.15) is 32.8 Å². The molecule has 2 aromatic rings. The molecule has 108 valence electrons. The molecule has 0 saturated heterocycles. The van der Waals surface area contributed by atoms with Gasteiger partial charge in [0.25, 0.3) is 0 Å². The van der Waals surface area contributed by atoms with Crippen molar-refractivity contribution in [1.82, 2.24) is 0 Å². The summed E-state index contributed by atoms with van der Waals surface area (Å²) in [6.07, 6.45) is 0.845. The molecule has 21 heavy (non-hydrogen) atoms. The molecule has 3 rings (SSSR count). The van der Waals surface area contributed by atoms with Crippen LogP contribution in [0.15, 0.2) is 29.6 Å². The average Bonchev–Trinajstić information content (AvgIpc) is 2.94. The van der Waals surface area contributed by atoms with Crippen molar-refractivity contribution in [3.63, 3.8) is 0 Å². The lowest BCUT2D eigenvalue weighted by atomic mass is 10.00. The molecule has 1 aromatic heterocycles. The summed E-state index contributed by atoms with van der Waals surface area (Å²) in [5, 5.41) is 1.90. The van der Waals surface area contributed by atoms with Gasteiger partial charge in [0.15, 0.2) is 5.78 Å². The van der Waals surface area contributed by atoms with Gasteiger partial charge in [-0.1, -0.05) is 6.07 Å². The van der Waals surface area contributed by atoms with E-state index in [1.165, 1.54) is 18.4 Å². The van der Waals surface area contributed by atoms with Gasteiger partial charge in [-0.3, -0.25) is 9.59 Å². The lowest BCUT2D eigenvalue weighted by molar-refractivity contribution is -0.140. The maximum atomic E-state index is 12.6. The first-order valence-electron chi connectivity index (χ1n) is 6.62. The molecule has 0 aliphatic carbocycles. The zero-order valence-corrected chi connectivity index (χ0v) is 12.4. The Morgan fingerprint density at radius 2 is 2.19 bits per heavy atom. The standard InChI is InChI=1S/C16H14O4S/c1-19-15(17)5-3-10-2-4-13-12(8-10)16(18)11-6-7-21-14(11)9-20-13/h2,4,6-8H,3,5,9H2,1H3. The number of carbonyl (C=O) groups is 2. The smallest absolute Gasteiger partial charge is 0.305 e. The number of thiophene rings is 1. The summed E-state index contributed by atoms with van der Waals surface area (Å²) in [5.74, 6) is 0.330. The SMILES string of the molecule is COC(=O)CCc1ccc2c(c1)C(=O)c1ccsc1CO2. The van der Waals surface area contributed by atoms with Crippen LogP contribution in [-0.2, 0) is 22.6 Å². The highest BCUT2D eigenvalue weighted by Gasteiger charge is 2.23. The number of hydrogen-bond donors (Lipinski definition) is 0. The average molecular weight is 302 g/mol. The minimum absolute atomic E-state index is 0.0151. The van der Waals surface area contributed by atoms with Crippen molar-refractivity contribution < 1.29 is 19.1 Å². The maximum Gasteiger partial charge on any atom is 0.305 e. The summed E-state index contributed by atoms with van der Waals surface area (Å²) >= 11 is 1.53. The molecule has 0 atom stereocenters. The normalized spacial score (nSPS) is 12.9. The van der Waals surface area contributed by atoms with Gasteiger partial charge in [-0.05, 0) is 35.6 Å². The molecule has 0 spiro atoms. The molecule has 0 N–H and O–H groups in total. The first-order valence-corrected chi connectivity index (χ1v) is 7.50. The highest BCUT2D eigenvalue weighted by atomic mass is 32.1. The predicted molar refractivity (Wildman–Crippen MR) is 78.9 cm³/mol. The summed E-state index contributed by atoms with van der Waals surface area (Å²) in [7, 11) is 1.37. The van der Waals surface area contributed by atoms with E-state index in [9.17, 15) is 9.59 Å². The Morgan fingerprint density at radius 1 is 1.33 bits per heavy atom. The van der Waals surface area contributed by atoms with Gasteiger partial charge in [0.1, 0.15) is 12.4 Å². The summed E-state index contributed by atoms with van der Waals surface area (Å²) in [4.78, 5) is 24.7. The molecule has 2 heterocycles. The number of ether oxygens (including phenoxy) is 2. The van der Waals surface area contributed by atoms with Crippen molar-refractivity contribution in [3.8, 4) is 5.75 Å². The molecule has 1 aliphatic heterocycles. The largest absolute Gasteiger partial charge is 0.487 e. The van der Waals surface area contributed by atoms with Crippen LogP contribution in [0.2, 0.25) is 0 Å². The Balaban J connectivity index is 1.90. The van der Waals surface area contributed by atoms with Gasteiger partial charge >= 0.3 is 5.97 Å². The molecule has 5 heteroatoms. The quantitative estimate of drug-likeness (QED) is 0.818. The molecule has 0 saturated carbocycles. The van der Waals surface area contributed by atoms with E-state index in [-0.39, 0.29) is 11.8 Å². The summed E-state index contributed by atoms with van der Waals surface area (Å²) in [5.41, 5.74) is 2.20. The molecule has 0 fully saturated rings. The number of ketones is 1. The van der Waals surface area contributed by atoms with E-state index in [0.717, 1.165) is 10.4 Å². The van der Waals surface area contributed by atoms with Crippen LogP contribution in [0, 0.1) is 0 Å². The summed E-state index contributed by atoms with van der Waals surface area (Å²) in [6.45, 7) is 0.424. The molecule has 4 nitrogen and oxygen atoms in total. The number of benzene rings is 1. The van der Waals surface area contributed by atoms with Crippen LogP contribution in [0.25, 0.3) is 0 Å². The van der Waals surface area contributed by atoms with E-state index in [2.05, 4.69) is 4.74 Å². The molecule has 0 bridgehead atoms. The second-order valence-electron chi connectivity index (χ2n) is 4.78. The van der Waals surface area contributed by atoms with Gasteiger partial charge in [-0.25, -0.2) is 0 Å². The molecular formula is C16H14O4S. The Bertz CT molecular complexity index is 702. The highest BCUT2D eigenvalue weighted by molar-refractivity contribution is 7.10. The van der Waals surface area contributed by atoms with E-state index in [4.69, 9.17) is 4.74 Å². The minimum Gasteiger partial charge on any atom is -0.487 e. The van der Waals surface area contributed by atoms with Gasteiger partial charge in [0, 0.05) is 12.0 Å². The van der Waals surface area contributed by atoms with E-state index in [1.54, 1.807) is 6.07 Å². The Morgan fingerprint density at radius 3 is 3.00 bits per heavy atom. The van der Waals surface area contributed by atoms with Gasteiger partial charge in [0.2, 0.25) is 0 Å². The van der Waals surface area contributed by atoms with Crippen molar-refractivity contribution in [2.24, 2.45) is 0 Å². The summed E-state index contributed by atoms with van der Waals surface area (Å²) < 4.78 is 10.3. The second-order valence-corrected chi connectivity index (χ2v) is 5.78. The lowest BCUT2D eigenvalue weighted by Gasteiger charge is -2.08. The third-order valence-electron chi connectivity index (χ3n) is 3.48. The van der Waals surface area contributed by atoms with Crippen LogP contribution < -0.4 is 4.74 Å². The first kappa shape index (κ1) is 13.8. The molecular weight excluding hydrogens is 288 g/mol. The maximum absolute atomic E-state index is 12.6. The van der Waals surface area contributed by atoms with Crippen LogP contribution in [0.4, 0.5) is 0 Å². The minimum atomic E-state index is -0.257. The fourth-order valence-electron chi connectivity index (χ4n) is 2.33. The topological polar surface area (TPSA) is 52.6 Å². The van der Waals surface area contributed by atoms with Crippen molar-refractivity contribution in [2.75, 3.05) is 7.11 Å². The van der Waals surface area contributed by atoms with E-state index >= 15 is 0 Å². The third kappa shape index (κ3) is 2.69. The number of aryl methyl sites for hydroxylation is 1. The van der Waals surface area contributed by atoms with Crippen LogP contribution in [0.5, 0.6) is 5.75 Å². The van der Waals surface area contributed by atoms with Crippen molar-refractivity contribution in [2.45, 2.75) is 19.4 Å². The van der Waals surface area contributed by atoms with Crippen molar-refractivity contribution in [1.29, 1.82) is 0 Å². The van der Waals surface area contributed by atoms with Crippen LogP contribution in [0.3, 0.4) is 0 Å². The number of rotatable bonds is 3. The lowest BCUT2D eigenvalue weighted by Crippen LogP contribution is -2.04. The Kier molecular flexibility index (Phi) is 3.75. The monoisotopic (exact) mass is 302 g/mol. The van der Waals surface area contributed by atoms with Crippen molar-refractivity contribution in [3.05, 3.63) is 51.2 Å². The number of methoxy groups -OCH3 is 1. The third-order valence-corrected chi connectivity index (χ3v) is 4.38. The van der Waals surface area contributed by atoms with E-state index in [1.807, 2.05) is 23.6 Å². The number of fused-ring (bicyclic) bond motifs is 2. The zero-order chi connectivity index (χ0) is 14.8. The predicted octanol–water partition coefficient (Wildman–Crippen LogP) is 2.98. The summed E-state index contributed by atoms with van der Waals surface area (Å²) in [6, 6.07) is 7.33. The van der Waals surface area contributed by atoms with Crippen LogP contribution >= 0.6 is 11.3 Å². The molecule has 0 amide bonds. The van der Waals surface area contributed by atoms with E-state index < -0.39 is 0 Å². The second kappa shape index (κ2) is 5.69. The first-order chi connectivity index (χ1) is 10.2. The number of carbonyl (C=O) groups excluding carboxylic acids is 2. The van der Waals surface area contributed by atoms with Gasteiger partial charge < -0.3 is 9.47 Å². The van der Waals surface area contributed by atoms with Gasteiger partial charge in [-0.2, -0.15) is 0 Å². The fraction of sp³-hybridized carbons (Fsp3) is 0.250.